The van der Waals surface area contributed by atoms with E-state index in [1.165, 1.54) is 6.20 Å². The SMILES string of the molecule is CCCC(C)(C)NS(=O)(=O)c1cnc(Cl)s1. The average molecular weight is 283 g/mol. The Morgan fingerprint density at radius 3 is 2.62 bits per heavy atom. The summed E-state index contributed by atoms with van der Waals surface area (Å²) in [6.45, 7) is 5.73. The van der Waals surface area contributed by atoms with Crippen LogP contribution in [-0.2, 0) is 10.0 Å². The molecule has 7 heteroatoms. The van der Waals surface area contributed by atoms with Gasteiger partial charge in [-0.25, -0.2) is 18.1 Å². The summed E-state index contributed by atoms with van der Waals surface area (Å²) in [4.78, 5) is 3.72. The van der Waals surface area contributed by atoms with Crippen molar-refractivity contribution in [2.75, 3.05) is 0 Å². The number of hydrogen-bond acceptors (Lipinski definition) is 4. The van der Waals surface area contributed by atoms with E-state index in [-0.39, 0.29) is 8.68 Å². The van der Waals surface area contributed by atoms with Crippen LogP contribution in [0.25, 0.3) is 0 Å². The van der Waals surface area contributed by atoms with Crippen LogP contribution in [0.4, 0.5) is 0 Å². The van der Waals surface area contributed by atoms with Gasteiger partial charge < -0.3 is 0 Å². The van der Waals surface area contributed by atoms with Crippen LogP contribution in [0.15, 0.2) is 10.4 Å². The third-order valence-electron chi connectivity index (χ3n) is 2.01. The van der Waals surface area contributed by atoms with Crippen molar-refractivity contribution >= 4 is 33.0 Å². The molecule has 0 unspecified atom stereocenters. The standard InChI is InChI=1S/C9H15ClN2O2S2/c1-4-5-9(2,3)12-16(13,14)7-6-11-8(10)15-7/h6,12H,4-5H2,1-3H3. The Kier molecular flexibility index (Phi) is 4.34. The molecule has 0 aliphatic carbocycles. The highest BCUT2D eigenvalue weighted by atomic mass is 35.5. The van der Waals surface area contributed by atoms with Crippen molar-refractivity contribution in [2.24, 2.45) is 0 Å². The molecule has 1 N–H and O–H groups in total. The van der Waals surface area contributed by atoms with Gasteiger partial charge in [-0.05, 0) is 20.3 Å². The second kappa shape index (κ2) is 5.00. The zero-order valence-corrected chi connectivity index (χ0v) is 11.8. The van der Waals surface area contributed by atoms with E-state index < -0.39 is 15.6 Å². The molecule has 92 valence electrons. The highest BCUT2D eigenvalue weighted by Gasteiger charge is 2.26. The summed E-state index contributed by atoms with van der Waals surface area (Å²) in [5.74, 6) is 0. The maximum Gasteiger partial charge on any atom is 0.252 e. The van der Waals surface area contributed by atoms with Crippen LogP contribution in [0.1, 0.15) is 33.6 Å². The van der Waals surface area contributed by atoms with Gasteiger partial charge in [0.1, 0.15) is 0 Å². The van der Waals surface area contributed by atoms with Gasteiger partial charge in [0.15, 0.2) is 8.68 Å². The molecule has 0 aliphatic heterocycles. The number of halogens is 1. The number of sulfonamides is 1. The lowest BCUT2D eigenvalue weighted by molar-refractivity contribution is 0.418. The van der Waals surface area contributed by atoms with Crippen molar-refractivity contribution in [1.82, 2.24) is 9.71 Å². The molecule has 0 spiro atoms. The van der Waals surface area contributed by atoms with Gasteiger partial charge in [-0.15, -0.1) is 0 Å². The fourth-order valence-electron chi connectivity index (χ4n) is 1.45. The summed E-state index contributed by atoms with van der Waals surface area (Å²) < 4.78 is 26.9. The topological polar surface area (TPSA) is 59.1 Å². The van der Waals surface area contributed by atoms with Crippen LogP contribution in [-0.4, -0.2) is 18.9 Å². The monoisotopic (exact) mass is 282 g/mol. The molecule has 1 aromatic rings. The molecule has 0 saturated heterocycles. The Morgan fingerprint density at radius 2 is 2.19 bits per heavy atom. The zero-order chi connectivity index (χ0) is 12.4. The van der Waals surface area contributed by atoms with Gasteiger partial charge in [-0.2, -0.15) is 0 Å². The third-order valence-corrected chi connectivity index (χ3v) is 5.28. The van der Waals surface area contributed by atoms with Gasteiger partial charge in [-0.1, -0.05) is 36.3 Å². The van der Waals surface area contributed by atoms with Gasteiger partial charge >= 0.3 is 0 Å². The largest absolute Gasteiger partial charge is 0.252 e. The van der Waals surface area contributed by atoms with Crippen molar-refractivity contribution in [1.29, 1.82) is 0 Å². The van der Waals surface area contributed by atoms with Crippen molar-refractivity contribution in [3.63, 3.8) is 0 Å². The number of nitrogens with one attached hydrogen (secondary N) is 1. The predicted octanol–water partition coefficient (Wildman–Crippen LogP) is 2.65. The van der Waals surface area contributed by atoms with Gasteiger partial charge in [-0.3, -0.25) is 0 Å². The predicted molar refractivity (Wildman–Crippen MR) is 66.4 cm³/mol. The molecule has 1 heterocycles. The summed E-state index contributed by atoms with van der Waals surface area (Å²) >= 11 is 6.57. The number of aromatic nitrogens is 1. The Bertz CT molecular complexity index is 454. The van der Waals surface area contributed by atoms with Gasteiger partial charge in [0.05, 0.1) is 6.20 Å². The van der Waals surface area contributed by atoms with Gasteiger partial charge in [0.25, 0.3) is 10.0 Å². The minimum absolute atomic E-state index is 0.154. The van der Waals surface area contributed by atoms with E-state index in [4.69, 9.17) is 11.6 Å². The Morgan fingerprint density at radius 1 is 1.56 bits per heavy atom. The lowest BCUT2D eigenvalue weighted by atomic mass is 10.0. The first-order valence-electron chi connectivity index (χ1n) is 4.92. The molecule has 0 fully saturated rings. The lowest BCUT2D eigenvalue weighted by Gasteiger charge is -2.24. The first-order chi connectivity index (χ1) is 7.27. The zero-order valence-electron chi connectivity index (χ0n) is 9.45. The highest BCUT2D eigenvalue weighted by Crippen LogP contribution is 2.24. The van der Waals surface area contributed by atoms with E-state index in [0.717, 1.165) is 24.2 Å². The number of thiazole rings is 1. The van der Waals surface area contributed by atoms with E-state index in [0.29, 0.717) is 0 Å². The molecular formula is C9H15ClN2O2S2. The molecule has 1 rings (SSSR count). The summed E-state index contributed by atoms with van der Waals surface area (Å²) in [6, 6.07) is 0. The fraction of sp³-hybridized carbons (Fsp3) is 0.667. The molecule has 0 atom stereocenters. The Balaban J connectivity index is 2.88. The minimum Gasteiger partial charge on any atom is -0.232 e. The van der Waals surface area contributed by atoms with Crippen LogP contribution >= 0.6 is 22.9 Å². The molecule has 1 aromatic heterocycles. The van der Waals surface area contributed by atoms with E-state index in [1.807, 2.05) is 20.8 Å². The van der Waals surface area contributed by atoms with Crippen molar-refractivity contribution in [3.05, 3.63) is 10.7 Å². The Labute approximate surface area is 105 Å². The van der Waals surface area contributed by atoms with E-state index >= 15 is 0 Å². The fourth-order valence-corrected chi connectivity index (χ4v) is 4.19. The second-order valence-corrected chi connectivity index (χ2v) is 7.69. The van der Waals surface area contributed by atoms with Gasteiger partial charge in [0.2, 0.25) is 0 Å². The third kappa shape index (κ3) is 3.69. The normalized spacial score (nSPS) is 13.0. The summed E-state index contributed by atoms with van der Waals surface area (Å²) in [5, 5.41) is 0. The lowest BCUT2D eigenvalue weighted by Crippen LogP contribution is -2.42. The molecule has 0 saturated carbocycles. The van der Waals surface area contributed by atoms with E-state index in [9.17, 15) is 8.42 Å². The molecular weight excluding hydrogens is 268 g/mol. The smallest absolute Gasteiger partial charge is 0.232 e. The van der Waals surface area contributed by atoms with Crippen LogP contribution in [0.3, 0.4) is 0 Å². The second-order valence-electron chi connectivity index (χ2n) is 4.17. The average Bonchev–Trinajstić information content (AvgIpc) is 2.49. The number of nitrogens with zero attached hydrogens (tertiary/aromatic N) is 1. The number of rotatable bonds is 5. The van der Waals surface area contributed by atoms with Crippen molar-refractivity contribution in [3.8, 4) is 0 Å². The summed E-state index contributed by atoms with van der Waals surface area (Å²) in [6.07, 6.45) is 2.97. The van der Waals surface area contributed by atoms with E-state index in [2.05, 4.69) is 9.71 Å². The molecule has 0 amide bonds. The molecule has 0 radical (unpaired) electrons. The van der Waals surface area contributed by atoms with Crippen LogP contribution in [0, 0.1) is 0 Å². The summed E-state index contributed by atoms with van der Waals surface area (Å²) in [5.41, 5.74) is -0.454. The molecule has 0 aromatic carbocycles. The number of hydrogen-bond donors (Lipinski definition) is 1. The summed E-state index contributed by atoms with van der Waals surface area (Å²) in [7, 11) is -3.50. The van der Waals surface area contributed by atoms with Crippen molar-refractivity contribution in [2.45, 2.75) is 43.4 Å². The minimum atomic E-state index is -3.50. The Hall–Kier alpha value is -0.170. The van der Waals surface area contributed by atoms with Crippen LogP contribution in [0.5, 0.6) is 0 Å². The maximum atomic E-state index is 11.9. The molecule has 4 nitrogen and oxygen atoms in total. The van der Waals surface area contributed by atoms with E-state index in [1.54, 1.807) is 0 Å². The van der Waals surface area contributed by atoms with Crippen LogP contribution < -0.4 is 4.72 Å². The molecule has 0 aliphatic rings. The van der Waals surface area contributed by atoms with Gasteiger partial charge in [0, 0.05) is 5.54 Å². The quantitative estimate of drug-likeness (QED) is 0.903. The molecule has 16 heavy (non-hydrogen) atoms. The first-order valence-corrected chi connectivity index (χ1v) is 7.60. The highest BCUT2D eigenvalue weighted by molar-refractivity contribution is 7.91. The van der Waals surface area contributed by atoms with Crippen LogP contribution in [0.2, 0.25) is 4.47 Å². The maximum absolute atomic E-state index is 11.9. The first kappa shape index (κ1) is 13.9. The molecule has 0 bridgehead atoms. The van der Waals surface area contributed by atoms with Crippen molar-refractivity contribution < 1.29 is 8.42 Å².